The van der Waals surface area contributed by atoms with Crippen molar-refractivity contribution in [2.24, 2.45) is 5.73 Å². The van der Waals surface area contributed by atoms with E-state index in [2.05, 4.69) is 32.8 Å². The fourth-order valence-corrected chi connectivity index (χ4v) is 1.97. The minimum Gasteiger partial charge on any atom is -0.364 e. The Morgan fingerprint density at radius 2 is 2.13 bits per heavy atom. The predicted octanol–water partition coefficient (Wildman–Crippen LogP) is 1.99. The molecule has 76 valence electrons. The van der Waals surface area contributed by atoms with Crippen LogP contribution in [0.2, 0.25) is 5.02 Å². The zero-order valence-corrected chi connectivity index (χ0v) is 10.3. The highest BCUT2D eigenvalue weighted by Gasteiger charge is 2.12. The highest BCUT2D eigenvalue weighted by atomic mass is 127. The Hall–Kier alpha value is -0.950. The van der Waals surface area contributed by atoms with Gasteiger partial charge in [0.15, 0.2) is 5.69 Å². The third kappa shape index (κ3) is 1.89. The summed E-state index contributed by atoms with van der Waals surface area (Å²) in [4.78, 5) is 11.0. The maximum Gasteiger partial charge on any atom is 0.270 e. The van der Waals surface area contributed by atoms with E-state index in [1.807, 2.05) is 12.1 Å². The summed E-state index contributed by atoms with van der Waals surface area (Å²) in [6.45, 7) is 0. The van der Waals surface area contributed by atoms with Crippen LogP contribution in [0.3, 0.4) is 0 Å². The first-order valence-electron chi connectivity index (χ1n) is 4.01. The van der Waals surface area contributed by atoms with Crippen molar-refractivity contribution >= 4 is 51.0 Å². The minimum absolute atomic E-state index is 0.00498. The zero-order valence-electron chi connectivity index (χ0n) is 7.37. The summed E-state index contributed by atoms with van der Waals surface area (Å²) >= 11 is 8.14. The fraction of sp³-hybridized carbons (Fsp3) is 0. The van der Waals surface area contributed by atoms with E-state index < -0.39 is 5.91 Å². The molecule has 0 radical (unpaired) electrons. The van der Waals surface area contributed by atoms with Crippen LogP contribution in [0.15, 0.2) is 18.2 Å². The van der Waals surface area contributed by atoms with E-state index in [0.717, 1.165) is 3.57 Å². The monoisotopic (exact) mass is 333 g/mol. The van der Waals surface area contributed by atoms with E-state index in [9.17, 15) is 4.79 Å². The summed E-state index contributed by atoms with van der Waals surface area (Å²) in [7, 11) is 0. The minimum atomic E-state index is -0.673. The van der Waals surface area contributed by atoms with Crippen molar-refractivity contribution < 1.29 is 4.79 Å². The number of hydrogen-bond donors (Lipinski definition) is 1. The molecular formula is C9H5ClIN3O. The molecule has 0 atom stereocenters. The van der Waals surface area contributed by atoms with Gasteiger partial charge in [0.2, 0.25) is 0 Å². The molecule has 0 spiro atoms. The SMILES string of the molecule is NC(=O)c1nnc2cc(I)ccc2c1Cl. The summed E-state index contributed by atoms with van der Waals surface area (Å²) < 4.78 is 1.03. The molecule has 2 aromatic rings. The number of nitrogens with zero attached hydrogens (tertiary/aromatic N) is 2. The number of amides is 1. The second-order valence-electron chi connectivity index (χ2n) is 2.89. The highest BCUT2D eigenvalue weighted by Crippen LogP contribution is 2.24. The molecule has 0 bridgehead atoms. The van der Waals surface area contributed by atoms with Crippen molar-refractivity contribution in [2.45, 2.75) is 0 Å². The van der Waals surface area contributed by atoms with Crippen LogP contribution in [0.1, 0.15) is 10.5 Å². The van der Waals surface area contributed by atoms with Gasteiger partial charge in [-0.05, 0) is 34.7 Å². The van der Waals surface area contributed by atoms with Gasteiger partial charge >= 0.3 is 0 Å². The van der Waals surface area contributed by atoms with Gasteiger partial charge in [-0.1, -0.05) is 17.7 Å². The number of aromatic nitrogens is 2. The van der Waals surface area contributed by atoms with Crippen molar-refractivity contribution in [3.63, 3.8) is 0 Å². The van der Waals surface area contributed by atoms with Crippen molar-refractivity contribution in [1.82, 2.24) is 10.2 Å². The molecule has 0 aliphatic heterocycles. The number of carbonyl (C=O) groups excluding carboxylic acids is 1. The third-order valence-electron chi connectivity index (χ3n) is 1.90. The van der Waals surface area contributed by atoms with Gasteiger partial charge in [-0.25, -0.2) is 0 Å². The lowest BCUT2D eigenvalue weighted by Gasteiger charge is -2.02. The number of rotatable bonds is 1. The van der Waals surface area contributed by atoms with Crippen LogP contribution in [-0.4, -0.2) is 16.1 Å². The summed E-state index contributed by atoms with van der Waals surface area (Å²) in [5, 5.41) is 8.51. The van der Waals surface area contributed by atoms with Gasteiger partial charge in [0.25, 0.3) is 5.91 Å². The first kappa shape index (κ1) is 10.6. The van der Waals surface area contributed by atoms with E-state index >= 15 is 0 Å². The summed E-state index contributed by atoms with van der Waals surface area (Å²) in [5.41, 5.74) is 5.76. The smallest absolute Gasteiger partial charge is 0.270 e. The molecule has 1 aromatic carbocycles. The zero-order chi connectivity index (χ0) is 11.0. The lowest BCUT2D eigenvalue weighted by atomic mass is 10.2. The first-order valence-corrected chi connectivity index (χ1v) is 5.46. The molecule has 0 aliphatic rings. The molecule has 6 heteroatoms. The number of benzene rings is 1. The maximum absolute atomic E-state index is 11.0. The quantitative estimate of drug-likeness (QED) is 0.812. The van der Waals surface area contributed by atoms with Crippen LogP contribution < -0.4 is 5.73 Å². The average Bonchev–Trinajstić information content (AvgIpc) is 2.17. The summed E-state index contributed by atoms with van der Waals surface area (Å²) in [6.07, 6.45) is 0. The number of nitrogens with two attached hydrogens (primary N) is 1. The Morgan fingerprint density at radius 3 is 2.80 bits per heavy atom. The second-order valence-corrected chi connectivity index (χ2v) is 4.51. The molecular weight excluding hydrogens is 328 g/mol. The van der Waals surface area contributed by atoms with Gasteiger partial charge in [0, 0.05) is 8.96 Å². The van der Waals surface area contributed by atoms with Gasteiger partial charge in [0.1, 0.15) is 0 Å². The fourth-order valence-electron chi connectivity index (χ4n) is 1.21. The third-order valence-corrected chi connectivity index (χ3v) is 2.95. The molecule has 1 heterocycles. The van der Waals surface area contributed by atoms with E-state index in [4.69, 9.17) is 17.3 Å². The molecule has 0 saturated heterocycles. The van der Waals surface area contributed by atoms with Gasteiger partial charge in [-0.3, -0.25) is 4.79 Å². The number of carbonyl (C=O) groups is 1. The molecule has 0 fully saturated rings. The number of fused-ring (bicyclic) bond motifs is 1. The Morgan fingerprint density at radius 1 is 1.40 bits per heavy atom. The number of halogens is 2. The normalized spacial score (nSPS) is 10.5. The molecule has 4 nitrogen and oxygen atoms in total. The standard InChI is InChI=1S/C9H5ClIN3O/c10-7-5-2-1-4(11)3-6(5)13-14-8(7)9(12)15/h1-3H,(H2,12,15). The van der Waals surface area contributed by atoms with Gasteiger partial charge < -0.3 is 5.73 Å². The van der Waals surface area contributed by atoms with E-state index in [1.165, 1.54) is 0 Å². The van der Waals surface area contributed by atoms with Crippen molar-refractivity contribution in [1.29, 1.82) is 0 Å². The van der Waals surface area contributed by atoms with E-state index in [1.54, 1.807) is 6.07 Å². The van der Waals surface area contributed by atoms with Crippen LogP contribution in [0.25, 0.3) is 10.9 Å². The van der Waals surface area contributed by atoms with Gasteiger partial charge in [-0.2, -0.15) is 0 Å². The van der Waals surface area contributed by atoms with Crippen LogP contribution in [0, 0.1) is 3.57 Å². The molecule has 2 rings (SSSR count). The summed E-state index contributed by atoms with van der Waals surface area (Å²) in [6, 6.07) is 5.50. The van der Waals surface area contributed by atoms with E-state index in [-0.39, 0.29) is 10.7 Å². The van der Waals surface area contributed by atoms with E-state index in [0.29, 0.717) is 10.9 Å². The van der Waals surface area contributed by atoms with Gasteiger partial charge in [-0.15, -0.1) is 10.2 Å². The van der Waals surface area contributed by atoms with Crippen LogP contribution >= 0.6 is 34.2 Å². The molecule has 0 unspecified atom stereocenters. The Kier molecular flexibility index (Phi) is 2.74. The topological polar surface area (TPSA) is 68.9 Å². The van der Waals surface area contributed by atoms with Crippen LogP contribution in [-0.2, 0) is 0 Å². The van der Waals surface area contributed by atoms with Gasteiger partial charge in [0.05, 0.1) is 10.5 Å². The Labute approximate surface area is 104 Å². The van der Waals surface area contributed by atoms with Crippen LogP contribution in [0.4, 0.5) is 0 Å². The lowest BCUT2D eigenvalue weighted by molar-refractivity contribution is 0.0995. The molecule has 1 aromatic heterocycles. The molecule has 1 amide bonds. The Balaban J connectivity index is 2.80. The maximum atomic E-state index is 11.0. The first-order chi connectivity index (χ1) is 7.09. The number of primary amides is 1. The average molecular weight is 334 g/mol. The second kappa shape index (κ2) is 3.90. The Bertz CT molecular complexity index is 558. The van der Waals surface area contributed by atoms with Crippen molar-refractivity contribution in [3.05, 3.63) is 32.5 Å². The van der Waals surface area contributed by atoms with Crippen molar-refractivity contribution in [3.8, 4) is 0 Å². The largest absolute Gasteiger partial charge is 0.364 e. The highest BCUT2D eigenvalue weighted by molar-refractivity contribution is 14.1. The molecule has 0 aliphatic carbocycles. The molecule has 2 N–H and O–H groups in total. The van der Waals surface area contributed by atoms with Crippen LogP contribution in [0.5, 0.6) is 0 Å². The van der Waals surface area contributed by atoms with Crippen molar-refractivity contribution in [2.75, 3.05) is 0 Å². The predicted molar refractivity (Wildman–Crippen MR) is 65.8 cm³/mol. The lowest BCUT2D eigenvalue weighted by Crippen LogP contribution is -2.14. The number of hydrogen-bond acceptors (Lipinski definition) is 3. The summed E-state index contributed by atoms with van der Waals surface area (Å²) in [5.74, 6) is -0.673. The molecule has 15 heavy (non-hydrogen) atoms. The molecule has 0 saturated carbocycles.